The van der Waals surface area contributed by atoms with E-state index in [1.54, 1.807) is 19.9 Å². The first-order chi connectivity index (χ1) is 13.1. The number of hydrogen-bond acceptors (Lipinski definition) is 6. The average Bonchev–Trinajstić information content (AvgIpc) is 2.63. The molecule has 0 bridgehead atoms. The average molecular weight is 406 g/mol. The van der Waals surface area contributed by atoms with Crippen LogP contribution in [0.15, 0.2) is 24.3 Å². The summed E-state index contributed by atoms with van der Waals surface area (Å²) < 4.78 is 17.5. The summed E-state index contributed by atoms with van der Waals surface area (Å²) in [7, 11) is 0. The standard InChI is InChI=1S/C21H24ClNO5/c1-12(24)26-18-15-10-11-20(2,3)28-16(15)13-8-6-7-9-14(13)17(18)27-19(25)21(4,5)23-22/h6-9,23H,10-11H2,1-5H3. The third kappa shape index (κ3) is 3.80. The molecular formula is C21H24ClNO5. The Morgan fingerprint density at radius 1 is 1.14 bits per heavy atom. The van der Waals surface area contributed by atoms with E-state index < -0.39 is 17.5 Å². The molecule has 3 rings (SSSR count). The number of carbonyl (C=O) groups is 2. The van der Waals surface area contributed by atoms with Gasteiger partial charge in [0.2, 0.25) is 0 Å². The van der Waals surface area contributed by atoms with Gasteiger partial charge in [0, 0.05) is 23.3 Å². The molecule has 1 aliphatic rings. The lowest BCUT2D eigenvalue weighted by atomic mass is 9.91. The highest BCUT2D eigenvalue weighted by Crippen LogP contribution is 2.50. The fourth-order valence-electron chi connectivity index (χ4n) is 3.11. The summed E-state index contributed by atoms with van der Waals surface area (Å²) in [6.45, 7) is 8.53. The zero-order valence-electron chi connectivity index (χ0n) is 16.6. The van der Waals surface area contributed by atoms with Gasteiger partial charge in [0.15, 0.2) is 11.5 Å². The first kappa shape index (κ1) is 20.4. The summed E-state index contributed by atoms with van der Waals surface area (Å²) in [5.74, 6) is -0.0432. The largest absolute Gasteiger partial charge is 0.487 e. The molecule has 0 amide bonds. The third-order valence-corrected chi connectivity index (χ3v) is 5.19. The summed E-state index contributed by atoms with van der Waals surface area (Å²) in [6, 6.07) is 7.41. The lowest BCUT2D eigenvalue weighted by Crippen LogP contribution is -2.44. The molecule has 2 aromatic rings. The van der Waals surface area contributed by atoms with E-state index in [0.717, 1.165) is 11.8 Å². The highest BCUT2D eigenvalue weighted by Gasteiger charge is 2.36. The van der Waals surface area contributed by atoms with E-state index in [9.17, 15) is 9.59 Å². The minimum Gasteiger partial charge on any atom is -0.487 e. The van der Waals surface area contributed by atoms with Gasteiger partial charge in [-0.05, 0) is 52.3 Å². The molecule has 6 nitrogen and oxygen atoms in total. The van der Waals surface area contributed by atoms with Crippen LogP contribution in [0, 0.1) is 0 Å². The van der Waals surface area contributed by atoms with Crippen molar-refractivity contribution in [1.29, 1.82) is 0 Å². The quantitative estimate of drug-likeness (QED) is 0.464. The number of rotatable bonds is 4. The van der Waals surface area contributed by atoms with Crippen molar-refractivity contribution in [3.63, 3.8) is 0 Å². The van der Waals surface area contributed by atoms with Crippen molar-refractivity contribution in [2.75, 3.05) is 0 Å². The van der Waals surface area contributed by atoms with Crippen molar-refractivity contribution in [3.05, 3.63) is 29.8 Å². The second-order valence-electron chi connectivity index (χ2n) is 8.08. The molecule has 7 heteroatoms. The first-order valence-electron chi connectivity index (χ1n) is 9.11. The Bertz CT molecular complexity index is 951. The fourth-order valence-corrected chi connectivity index (χ4v) is 3.19. The second kappa shape index (κ2) is 7.26. The molecule has 0 fully saturated rings. The van der Waals surface area contributed by atoms with Crippen LogP contribution in [0.1, 0.15) is 46.6 Å². The molecule has 28 heavy (non-hydrogen) atoms. The summed E-state index contributed by atoms with van der Waals surface area (Å²) in [5.41, 5.74) is -0.774. The number of carbonyl (C=O) groups excluding carboxylic acids is 2. The van der Waals surface area contributed by atoms with Crippen molar-refractivity contribution >= 4 is 34.5 Å². The van der Waals surface area contributed by atoms with Crippen molar-refractivity contribution < 1.29 is 23.8 Å². The van der Waals surface area contributed by atoms with Crippen LogP contribution in [0.5, 0.6) is 17.2 Å². The Labute approximate surface area is 169 Å². The SMILES string of the molecule is CC(=O)Oc1c2c(c3ccccc3c1OC(=O)C(C)(C)NCl)OC(C)(C)CC2. The molecule has 0 aromatic heterocycles. The number of benzene rings is 2. The van der Waals surface area contributed by atoms with Crippen LogP contribution in [0.3, 0.4) is 0 Å². The molecule has 0 radical (unpaired) electrons. The van der Waals surface area contributed by atoms with E-state index in [4.69, 9.17) is 26.0 Å². The van der Waals surface area contributed by atoms with Crippen molar-refractivity contribution in [3.8, 4) is 17.2 Å². The molecule has 0 atom stereocenters. The van der Waals surface area contributed by atoms with E-state index in [0.29, 0.717) is 23.1 Å². The Kier molecular flexibility index (Phi) is 5.30. The normalized spacial score (nSPS) is 15.5. The highest BCUT2D eigenvalue weighted by molar-refractivity contribution is 6.15. The van der Waals surface area contributed by atoms with E-state index in [1.807, 2.05) is 32.0 Å². The Morgan fingerprint density at radius 3 is 2.39 bits per heavy atom. The molecular weight excluding hydrogens is 382 g/mol. The predicted octanol–water partition coefficient (Wildman–Crippen LogP) is 4.30. The number of fused-ring (bicyclic) bond motifs is 3. The molecule has 2 aromatic carbocycles. The van der Waals surface area contributed by atoms with Gasteiger partial charge in [-0.25, -0.2) is 9.63 Å². The first-order valence-corrected chi connectivity index (χ1v) is 9.48. The van der Waals surface area contributed by atoms with Crippen LogP contribution in [-0.4, -0.2) is 23.1 Å². The van der Waals surface area contributed by atoms with Crippen molar-refractivity contribution in [2.24, 2.45) is 0 Å². The van der Waals surface area contributed by atoms with Gasteiger partial charge >= 0.3 is 11.9 Å². The molecule has 0 unspecified atom stereocenters. The van der Waals surface area contributed by atoms with Crippen LogP contribution in [-0.2, 0) is 16.0 Å². The van der Waals surface area contributed by atoms with Gasteiger partial charge < -0.3 is 14.2 Å². The van der Waals surface area contributed by atoms with Gasteiger partial charge in [0.05, 0.1) is 0 Å². The maximum Gasteiger partial charge on any atom is 0.332 e. The molecule has 1 N–H and O–H groups in total. The van der Waals surface area contributed by atoms with Crippen molar-refractivity contribution in [2.45, 2.75) is 58.6 Å². The van der Waals surface area contributed by atoms with E-state index in [-0.39, 0.29) is 17.1 Å². The molecule has 150 valence electrons. The number of esters is 2. The number of hydrogen-bond donors (Lipinski definition) is 1. The highest BCUT2D eigenvalue weighted by atomic mass is 35.5. The second-order valence-corrected chi connectivity index (χ2v) is 8.26. The van der Waals surface area contributed by atoms with Gasteiger partial charge in [0.25, 0.3) is 0 Å². The van der Waals surface area contributed by atoms with E-state index >= 15 is 0 Å². The van der Waals surface area contributed by atoms with Gasteiger partial charge in [-0.15, -0.1) is 0 Å². The minimum absolute atomic E-state index is 0.192. The molecule has 0 saturated carbocycles. The molecule has 0 aliphatic carbocycles. The monoisotopic (exact) mass is 405 g/mol. The van der Waals surface area contributed by atoms with Crippen molar-refractivity contribution in [1.82, 2.24) is 4.84 Å². The van der Waals surface area contributed by atoms with Gasteiger partial charge in [0.1, 0.15) is 16.9 Å². The Morgan fingerprint density at radius 2 is 1.79 bits per heavy atom. The number of ether oxygens (including phenoxy) is 3. The van der Waals surface area contributed by atoms with Gasteiger partial charge in [-0.1, -0.05) is 24.3 Å². The van der Waals surface area contributed by atoms with E-state index in [2.05, 4.69) is 4.84 Å². The smallest absolute Gasteiger partial charge is 0.332 e. The zero-order valence-corrected chi connectivity index (χ0v) is 17.4. The topological polar surface area (TPSA) is 73.9 Å². The zero-order chi connectivity index (χ0) is 20.7. The van der Waals surface area contributed by atoms with E-state index in [1.165, 1.54) is 6.92 Å². The fraction of sp³-hybridized carbons (Fsp3) is 0.429. The third-order valence-electron chi connectivity index (χ3n) is 4.71. The summed E-state index contributed by atoms with van der Waals surface area (Å²) >= 11 is 5.69. The summed E-state index contributed by atoms with van der Waals surface area (Å²) in [6.07, 6.45) is 1.35. The number of nitrogens with one attached hydrogen (secondary N) is 1. The lowest BCUT2D eigenvalue weighted by Gasteiger charge is -2.34. The van der Waals surface area contributed by atoms with Crippen LogP contribution in [0.4, 0.5) is 0 Å². The Hall–Kier alpha value is -2.31. The van der Waals surface area contributed by atoms with Crippen LogP contribution < -0.4 is 19.0 Å². The molecule has 1 aliphatic heterocycles. The summed E-state index contributed by atoms with van der Waals surface area (Å²) in [4.78, 5) is 26.9. The minimum atomic E-state index is -1.13. The molecule has 1 heterocycles. The lowest BCUT2D eigenvalue weighted by molar-refractivity contribution is -0.140. The molecule has 0 spiro atoms. The maximum atomic E-state index is 12.7. The summed E-state index contributed by atoms with van der Waals surface area (Å²) in [5, 5.41) is 1.41. The van der Waals surface area contributed by atoms with Crippen LogP contribution in [0.25, 0.3) is 10.8 Å². The number of halogens is 1. The van der Waals surface area contributed by atoms with Gasteiger partial charge in [-0.2, -0.15) is 0 Å². The van der Waals surface area contributed by atoms with Gasteiger partial charge in [-0.3, -0.25) is 4.79 Å². The molecule has 0 saturated heterocycles. The van der Waals surface area contributed by atoms with Crippen LogP contribution >= 0.6 is 11.8 Å². The van der Waals surface area contributed by atoms with Crippen LogP contribution in [0.2, 0.25) is 0 Å². The maximum absolute atomic E-state index is 12.7. The Balaban J connectivity index is 2.27. The predicted molar refractivity (Wildman–Crippen MR) is 107 cm³/mol.